The van der Waals surface area contributed by atoms with Gasteiger partial charge >= 0.3 is 0 Å². The van der Waals surface area contributed by atoms with Gasteiger partial charge in [0.15, 0.2) is 0 Å². The molecule has 4 nitrogen and oxygen atoms in total. The number of allylic oxidation sites excluding steroid dienone is 1. The molecule has 0 atom stereocenters. The fraction of sp³-hybridized carbons (Fsp3) is 0.0417. The zero-order chi connectivity index (χ0) is 33.9. The third kappa shape index (κ3) is 3.76. The maximum absolute atomic E-state index is 5.51. The van der Waals surface area contributed by atoms with E-state index in [1.54, 1.807) is 0 Å². The van der Waals surface area contributed by atoms with E-state index in [1.165, 1.54) is 65.6 Å². The maximum atomic E-state index is 5.51. The van der Waals surface area contributed by atoms with Crippen LogP contribution in [-0.2, 0) is 6.42 Å². The van der Waals surface area contributed by atoms with Crippen LogP contribution in [0.3, 0.4) is 0 Å². The Labute approximate surface area is 299 Å². The number of aryl methyl sites for hydroxylation is 1. The normalized spacial score (nSPS) is 13.5. The van der Waals surface area contributed by atoms with Gasteiger partial charge in [-0.15, -0.1) is 0 Å². The molecule has 2 aliphatic rings. The second-order valence-electron chi connectivity index (χ2n) is 14.1. The van der Waals surface area contributed by atoms with E-state index >= 15 is 0 Å². The minimum absolute atomic E-state index is 0.676. The first kappa shape index (κ1) is 28.0. The topological polar surface area (TPSA) is 35.6 Å². The van der Waals surface area contributed by atoms with Crippen LogP contribution in [-0.4, -0.2) is 19.1 Å². The second-order valence-corrected chi connectivity index (χ2v) is 14.1. The Balaban J connectivity index is 1.17. The molecule has 10 aromatic rings. The number of hydrogen-bond donors (Lipinski definition) is 0. The summed E-state index contributed by atoms with van der Waals surface area (Å²) in [5.74, 6) is 0.676. The minimum atomic E-state index is 0.676. The average Bonchev–Trinajstić information content (AvgIpc) is 3.66. The first-order chi connectivity index (χ1) is 25.8. The van der Waals surface area contributed by atoms with Crippen molar-refractivity contribution in [3.05, 3.63) is 162 Å². The van der Waals surface area contributed by atoms with Crippen molar-refractivity contribution in [3.63, 3.8) is 0 Å². The van der Waals surface area contributed by atoms with Gasteiger partial charge in [0.1, 0.15) is 0 Å². The number of para-hydroxylation sites is 2. The summed E-state index contributed by atoms with van der Waals surface area (Å²) in [5, 5.41) is 8.63. The molecule has 242 valence electrons. The molecule has 3 aromatic heterocycles. The molecule has 0 unspecified atom stereocenters. The molecule has 0 radical (unpaired) electrons. The maximum Gasteiger partial charge on any atom is 0.235 e. The van der Waals surface area contributed by atoms with Crippen molar-refractivity contribution in [2.45, 2.75) is 12.8 Å². The van der Waals surface area contributed by atoms with Crippen LogP contribution in [0.4, 0.5) is 0 Å². The molecule has 2 aliphatic carbocycles. The van der Waals surface area contributed by atoms with Crippen LogP contribution >= 0.6 is 0 Å². The third-order valence-electron chi connectivity index (χ3n) is 11.3. The highest BCUT2D eigenvalue weighted by Gasteiger charge is 2.23. The Kier molecular flexibility index (Phi) is 5.58. The number of benzene rings is 7. The van der Waals surface area contributed by atoms with Gasteiger partial charge in [-0.2, -0.15) is 0 Å². The highest BCUT2D eigenvalue weighted by molar-refractivity contribution is 6.26. The lowest BCUT2D eigenvalue weighted by Gasteiger charge is -2.13. The largest absolute Gasteiger partial charge is 0.309 e. The first-order valence-electron chi connectivity index (χ1n) is 18.1. The summed E-state index contributed by atoms with van der Waals surface area (Å²) in [6.07, 6.45) is 11.3. The summed E-state index contributed by atoms with van der Waals surface area (Å²) >= 11 is 0. The summed E-state index contributed by atoms with van der Waals surface area (Å²) in [6.45, 7) is 0. The molecule has 4 heteroatoms. The summed E-state index contributed by atoms with van der Waals surface area (Å²) in [4.78, 5) is 10.8. The lowest BCUT2D eigenvalue weighted by atomic mass is 9.93. The molecule has 0 N–H and O–H groups in total. The van der Waals surface area contributed by atoms with Gasteiger partial charge < -0.3 is 4.57 Å². The molecule has 0 bridgehead atoms. The lowest BCUT2D eigenvalue weighted by Crippen LogP contribution is -2.03. The van der Waals surface area contributed by atoms with E-state index in [4.69, 9.17) is 9.97 Å². The van der Waals surface area contributed by atoms with Crippen molar-refractivity contribution in [1.29, 1.82) is 0 Å². The van der Waals surface area contributed by atoms with Gasteiger partial charge in [0.25, 0.3) is 0 Å². The smallest absolute Gasteiger partial charge is 0.235 e. The summed E-state index contributed by atoms with van der Waals surface area (Å²) in [5.41, 5.74) is 13.9. The van der Waals surface area contributed by atoms with Gasteiger partial charge in [-0.3, -0.25) is 4.57 Å². The van der Waals surface area contributed by atoms with E-state index in [2.05, 4.69) is 167 Å². The van der Waals surface area contributed by atoms with Gasteiger partial charge in [0.05, 0.1) is 33.3 Å². The van der Waals surface area contributed by atoms with E-state index in [9.17, 15) is 0 Å². The zero-order valence-electron chi connectivity index (χ0n) is 28.2. The summed E-state index contributed by atoms with van der Waals surface area (Å²) in [7, 11) is 0. The molecule has 0 amide bonds. The van der Waals surface area contributed by atoms with Gasteiger partial charge in [0, 0.05) is 38.2 Å². The number of fused-ring (bicyclic) bond motifs is 6. The van der Waals surface area contributed by atoms with Crippen LogP contribution in [0.2, 0.25) is 0 Å². The van der Waals surface area contributed by atoms with Crippen molar-refractivity contribution >= 4 is 83.5 Å². The van der Waals surface area contributed by atoms with E-state index < -0.39 is 0 Å². The predicted molar refractivity (Wildman–Crippen MR) is 217 cm³/mol. The molecule has 12 rings (SSSR count). The standard InChI is InChI=1S/C48H30N4/c1-2-14-34(15-3-1)51-40-26-23-29-10-4-5-16-35(29)45(40)37-25-22-33(28-42(37)51)47-36-17-6-7-18-38(36)49-48(50-47)52-39-19-9-13-32-21-20-30-11-8-12-31-24-27-41(52)46(43(30)31)44(32)39/h1-3,5-9,11-28H,4,10H2. The fourth-order valence-electron chi connectivity index (χ4n) is 9.07. The van der Waals surface area contributed by atoms with Gasteiger partial charge in [0.2, 0.25) is 5.95 Å². The highest BCUT2D eigenvalue weighted by atomic mass is 15.2. The number of nitrogens with zero attached hydrogens (tertiary/aromatic N) is 4. The first-order valence-corrected chi connectivity index (χ1v) is 18.1. The predicted octanol–water partition coefficient (Wildman–Crippen LogP) is 12.1. The van der Waals surface area contributed by atoms with E-state index in [1.807, 2.05) is 0 Å². The van der Waals surface area contributed by atoms with Crippen LogP contribution in [0, 0.1) is 0 Å². The molecular weight excluding hydrogens is 633 g/mol. The Bertz CT molecular complexity index is 3230. The summed E-state index contributed by atoms with van der Waals surface area (Å²) < 4.78 is 4.70. The Morgan fingerprint density at radius 3 is 2.21 bits per heavy atom. The minimum Gasteiger partial charge on any atom is -0.309 e. The Morgan fingerprint density at radius 2 is 1.29 bits per heavy atom. The van der Waals surface area contributed by atoms with E-state index in [0.29, 0.717) is 5.95 Å². The zero-order valence-corrected chi connectivity index (χ0v) is 28.2. The van der Waals surface area contributed by atoms with Crippen molar-refractivity contribution in [1.82, 2.24) is 19.1 Å². The molecule has 52 heavy (non-hydrogen) atoms. The van der Waals surface area contributed by atoms with Crippen molar-refractivity contribution in [3.8, 4) is 22.9 Å². The van der Waals surface area contributed by atoms with Crippen LogP contribution in [0.1, 0.15) is 28.7 Å². The van der Waals surface area contributed by atoms with Gasteiger partial charge in [-0.05, 0) is 88.3 Å². The molecule has 0 fully saturated rings. The quantitative estimate of drug-likeness (QED) is 0.189. The Hall–Kier alpha value is -6.78. The number of aromatic nitrogens is 4. The highest BCUT2D eigenvalue weighted by Crippen LogP contribution is 2.43. The van der Waals surface area contributed by atoms with Crippen LogP contribution in [0.25, 0.3) is 106 Å². The number of rotatable bonds is 3. The Morgan fingerprint density at radius 1 is 0.500 bits per heavy atom. The molecule has 0 saturated carbocycles. The van der Waals surface area contributed by atoms with E-state index in [-0.39, 0.29) is 0 Å². The molecule has 7 aromatic carbocycles. The molecule has 0 aliphatic heterocycles. The van der Waals surface area contributed by atoms with Crippen LogP contribution in [0.15, 0.2) is 140 Å². The second kappa shape index (κ2) is 10.4. The molecular formula is C48H30N4. The summed E-state index contributed by atoms with van der Waals surface area (Å²) in [6, 6.07) is 48.3. The van der Waals surface area contributed by atoms with Crippen LogP contribution < -0.4 is 0 Å². The SMILES string of the molecule is C1=Cc2c(ccc3c2c2ccc(-c4nc(-n5c6cccc7c6c6c8c(cccc8ccc65)C=C7)nc5ccccc45)cc2n3-c2ccccc2)CC1. The van der Waals surface area contributed by atoms with Gasteiger partial charge in [-0.25, -0.2) is 9.97 Å². The van der Waals surface area contributed by atoms with Crippen molar-refractivity contribution in [2.24, 2.45) is 0 Å². The molecule has 0 saturated heterocycles. The lowest BCUT2D eigenvalue weighted by molar-refractivity contribution is 0.989. The van der Waals surface area contributed by atoms with Crippen molar-refractivity contribution < 1.29 is 0 Å². The van der Waals surface area contributed by atoms with Gasteiger partial charge in [-0.1, -0.05) is 115 Å². The fourth-order valence-corrected chi connectivity index (χ4v) is 9.07. The number of hydrogen-bond acceptors (Lipinski definition) is 2. The average molecular weight is 663 g/mol. The van der Waals surface area contributed by atoms with E-state index in [0.717, 1.165) is 51.7 Å². The van der Waals surface area contributed by atoms with Crippen LogP contribution in [0.5, 0.6) is 0 Å². The monoisotopic (exact) mass is 662 g/mol. The molecule has 0 spiro atoms. The molecule has 3 heterocycles. The van der Waals surface area contributed by atoms with Crippen molar-refractivity contribution in [2.75, 3.05) is 0 Å². The third-order valence-corrected chi connectivity index (χ3v) is 11.3.